The van der Waals surface area contributed by atoms with E-state index >= 15 is 0 Å². The molecule has 0 aromatic heterocycles. The zero-order valence-electron chi connectivity index (χ0n) is 11.4. The number of halogens is 2. The molecule has 1 aromatic carbocycles. The summed E-state index contributed by atoms with van der Waals surface area (Å²) in [4.78, 5) is 36.9. The van der Waals surface area contributed by atoms with E-state index in [1.165, 1.54) is 19.2 Å². The monoisotopic (exact) mass is 326 g/mol. The van der Waals surface area contributed by atoms with Crippen LogP contribution < -0.4 is 5.32 Å². The normalized spacial score (nSPS) is 25.8. The first-order valence-corrected chi connectivity index (χ1v) is 7.09. The summed E-state index contributed by atoms with van der Waals surface area (Å²) < 4.78 is -1.06. The molecule has 1 saturated carbocycles. The molecule has 1 aliphatic carbocycles. The number of anilines is 1. The second-order valence-corrected chi connectivity index (χ2v) is 7.08. The first-order valence-electron chi connectivity index (χ1n) is 6.33. The molecule has 1 heterocycles. The van der Waals surface area contributed by atoms with Crippen molar-refractivity contribution in [3.05, 3.63) is 29.3 Å². The number of amides is 3. The minimum atomic E-state index is -1.06. The van der Waals surface area contributed by atoms with Gasteiger partial charge in [-0.15, -0.1) is 23.2 Å². The summed E-state index contributed by atoms with van der Waals surface area (Å²) in [6, 6.07) is 4.60. The van der Waals surface area contributed by atoms with Crippen LogP contribution in [0.1, 0.15) is 34.1 Å². The average molecular weight is 327 g/mol. The predicted octanol–water partition coefficient (Wildman–Crippen LogP) is 2.43. The van der Waals surface area contributed by atoms with Crippen molar-refractivity contribution in [1.29, 1.82) is 0 Å². The predicted molar refractivity (Wildman–Crippen MR) is 78.7 cm³/mol. The molecule has 110 valence electrons. The molecule has 0 spiro atoms. The van der Waals surface area contributed by atoms with Gasteiger partial charge in [0.25, 0.3) is 11.8 Å². The zero-order chi connectivity index (χ0) is 15.6. The van der Waals surface area contributed by atoms with Gasteiger partial charge >= 0.3 is 0 Å². The lowest BCUT2D eigenvalue weighted by atomic mass is 10.1. The van der Waals surface area contributed by atoms with Crippen LogP contribution in [0.25, 0.3) is 0 Å². The first kappa shape index (κ1) is 14.4. The molecule has 1 N–H and O–H groups in total. The minimum absolute atomic E-state index is 0.282. The Morgan fingerprint density at radius 1 is 1.24 bits per heavy atom. The fourth-order valence-corrected chi connectivity index (χ4v) is 3.06. The highest BCUT2D eigenvalue weighted by Gasteiger charge is 2.67. The highest BCUT2D eigenvalue weighted by molar-refractivity contribution is 6.53. The van der Waals surface area contributed by atoms with Crippen LogP contribution in [-0.4, -0.2) is 34.0 Å². The van der Waals surface area contributed by atoms with Gasteiger partial charge in [0.15, 0.2) is 0 Å². The smallest absolute Gasteiger partial charge is 0.261 e. The standard InChI is InChI=1S/C14H12Cl2N2O3/c1-13(6-14(13,15)16)12(21)17-7-3-4-8-9(5-7)11(20)18(2)10(8)19/h3-5H,6H2,1-2H3,(H,17,21)/t13-/m1/s1. The number of rotatable bonds is 2. The summed E-state index contributed by atoms with van der Waals surface area (Å²) in [5, 5.41) is 2.69. The summed E-state index contributed by atoms with van der Waals surface area (Å²) in [7, 11) is 1.42. The molecule has 0 saturated heterocycles. The topological polar surface area (TPSA) is 66.5 Å². The van der Waals surface area contributed by atoms with E-state index in [1.54, 1.807) is 13.0 Å². The number of fused-ring (bicyclic) bond motifs is 1. The van der Waals surface area contributed by atoms with Gasteiger partial charge < -0.3 is 5.32 Å². The molecule has 1 aromatic rings. The lowest BCUT2D eigenvalue weighted by molar-refractivity contribution is -0.120. The van der Waals surface area contributed by atoms with Crippen molar-refractivity contribution < 1.29 is 14.4 Å². The number of carbonyl (C=O) groups is 3. The number of alkyl halides is 2. The molecule has 0 radical (unpaired) electrons. The fraction of sp³-hybridized carbons (Fsp3) is 0.357. The third kappa shape index (κ3) is 1.95. The number of nitrogens with zero attached hydrogens (tertiary/aromatic N) is 1. The number of carbonyl (C=O) groups excluding carboxylic acids is 3. The Hall–Kier alpha value is -1.59. The summed E-state index contributed by atoms with van der Waals surface area (Å²) in [6.07, 6.45) is 0.375. The fourth-order valence-electron chi connectivity index (χ4n) is 2.35. The van der Waals surface area contributed by atoms with E-state index in [0.717, 1.165) is 4.90 Å². The van der Waals surface area contributed by atoms with Gasteiger partial charge in [-0.3, -0.25) is 19.3 Å². The van der Waals surface area contributed by atoms with E-state index in [2.05, 4.69) is 5.32 Å². The van der Waals surface area contributed by atoms with Gasteiger partial charge in [0.1, 0.15) is 4.33 Å². The Bertz CT molecular complexity index is 701. The van der Waals surface area contributed by atoms with E-state index in [0.29, 0.717) is 17.7 Å². The molecule has 3 rings (SSSR count). The Morgan fingerprint density at radius 2 is 1.81 bits per heavy atom. The third-order valence-electron chi connectivity index (χ3n) is 4.11. The Balaban J connectivity index is 1.85. The van der Waals surface area contributed by atoms with E-state index in [4.69, 9.17) is 23.2 Å². The molecule has 1 atom stereocenters. The molecule has 21 heavy (non-hydrogen) atoms. The molecule has 1 fully saturated rings. The molecular weight excluding hydrogens is 315 g/mol. The van der Waals surface area contributed by atoms with Crippen molar-refractivity contribution in [2.75, 3.05) is 12.4 Å². The van der Waals surface area contributed by atoms with Crippen molar-refractivity contribution in [3.63, 3.8) is 0 Å². The molecule has 5 nitrogen and oxygen atoms in total. The third-order valence-corrected chi connectivity index (χ3v) is 5.21. The highest BCUT2D eigenvalue weighted by Crippen LogP contribution is 2.64. The highest BCUT2D eigenvalue weighted by atomic mass is 35.5. The summed E-state index contributed by atoms with van der Waals surface area (Å²) >= 11 is 11.9. The van der Waals surface area contributed by atoms with Crippen molar-refractivity contribution >= 4 is 46.6 Å². The lowest BCUT2D eigenvalue weighted by Gasteiger charge is -2.13. The molecule has 0 bridgehead atoms. The summed E-state index contributed by atoms with van der Waals surface area (Å²) in [6.45, 7) is 1.68. The van der Waals surface area contributed by atoms with E-state index in [-0.39, 0.29) is 23.3 Å². The van der Waals surface area contributed by atoms with Crippen molar-refractivity contribution in [3.8, 4) is 0 Å². The van der Waals surface area contributed by atoms with Crippen molar-refractivity contribution in [2.24, 2.45) is 5.41 Å². The number of hydrogen-bond donors (Lipinski definition) is 1. The summed E-state index contributed by atoms with van der Waals surface area (Å²) in [5.74, 6) is -1.03. The molecule has 2 aliphatic rings. The molecule has 1 aliphatic heterocycles. The van der Waals surface area contributed by atoms with Crippen LogP contribution >= 0.6 is 23.2 Å². The first-order chi connectivity index (χ1) is 9.67. The quantitative estimate of drug-likeness (QED) is 0.670. The second kappa shape index (κ2) is 4.21. The number of benzene rings is 1. The number of hydrogen-bond acceptors (Lipinski definition) is 3. The Morgan fingerprint density at radius 3 is 2.38 bits per heavy atom. The molecule has 3 amide bonds. The van der Waals surface area contributed by atoms with Gasteiger partial charge in [0.05, 0.1) is 16.5 Å². The van der Waals surface area contributed by atoms with Crippen LogP contribution in [0.2, 0.25) is 0 Å². The maximum Gasteiger partial charge on any atom is 0.261 e. The summed E-state index contributed by atoms with van der Waals surface area (Å²) in [5.41, 5.74) is 0.213. The Labute approximate surface area is 131 Å². The van der Waals surface area contributed by atoms with Crippen LogP contribution in [0.3, 0.4) is 0 Å². The molecular formula is C14H12Cl2N2O3. The average Bonchev–Trinajstić information content (AvgIpc) is 2.88. The van der Waals surface area contributed by atoms with Crippen LogP contribution in [0.5, 0.6) is 0 Å². The SMILES string of the molecule is CN1C(=O)c2ccc(NC(=O)[C@@]3(C)CC3(Cl)Cl)cc2C1=O. The lowest BCUT2D eigenvalue weighted by Crippen LogP contribution is -2.26. The van der Waals surface area contributed by atoms with E-state index in [9.17, 15) is 14.4 Å². The second-order valence-electron chi connectivity index (χ2n) is 5.60. The molecule has 0 unspecified atom stereocenters. The van der Waals surface area contributed by atoms with Gasteiger partial charge in [-0.25, -0.2) is 0 Å². The maximum absolute atomic E-state index is 12.2. The Kier molecular flexibility index (Phi) is 2.88. The van der Waals surface area contributed by atoms with E-state index < -0.39 is 9.75 Å². The minimum Gasteiger partial charge on any atom is -0.325 e. The van der Waals surface area contributed by atoms with Gasteiger partial charge in [0.2, 0.25) is 5.91 Å². The van der Waals surface area contributed by atoms with Crippen molar-refractivity contribution in [2.45, 2.75) is 17.7 Å². The van der Waals surface area contributed by atoms with Crippen LogP contribution in [0.4, 0.5) is 5.69 Å². The van der Waals surface area contributed by atoms with Gasteiger partial charge in [-0.1, -0.05) is 0 Å². The van der Waals surface area contributed by atoms with Crippen LogP contribution in [0.15, 0.2) is 18.2 Å². The van der Waals surface area contributed by atoms with Crippen molar-refractivity contribution in [1.82, 2.24) is 4.90 Å². The maximum atomic E-state index is 12.2. The van der Waals surface area contributed by atoms with E-state index in [1.807, 2.05) is 0 Å². The van der Waals surface area contributed by atoms with Gasteiger partial charge in [-0.05, 0) is 31.5 Å². The van der Waals surface area contributed by atoms with Gasteiger partial charge in [0, 0.05) is 12.7 Å². The largest absolute Gasteiger partial charge is 0.325 e. The number of nitrogens with one attached hydrogen (secondary N) is 1. The molecule has 7 heteroatoms. The number of imide groups is 1. The van der Waals surface area contributed by atoms with Gasteiger partial charge in [-0.2, -0.15) is 0 Å². The zero-order valence-corrected chi connectivity index (χ0v) is 12.9. The van der Waals surface area contributed by atoms with Crippen LogP contribution in [-0.2, 0) is 4.79 Å². The van der Waals surface area contributed by atoms with Crippen LogP contribution in [0, 0.1) is 5.41 Å².